The molecule has 0 bridgehead atoms. The number of aromatic nitrogens is 4. The predicted octanol–water partition coefficient (Wildman–Crippen LogP) is 13.2. The minimum Gasteiger partial charge on any atom is -0.456 e. The fraction of sp³-hybridized carbons (Fsp3) is 0. The minimum atomic E-state index is 0.605. The molecule has 0 N–H and O–H groups in total. The van der Waals surface area contributed by atoms with E-state index in [1.54, 1.807) is 0 Å². The Kier molecular flexibility index (Phi) is 7.42. The average molecular weight is 717 g/mol. The van der Waals surface area contributed by atoms with Crippen molar-refractivity contribution in [2.75, 3.05) is 0 Å². The fourth-order valence-electron chi connectivity index (χ4n) is 8.06. The first-order chi connectivity index (χ1) is 27.8. The number of nitrogens with zero attached hydrogens (tertiary/aromatic N) is 4. The summed E-state index contributed by atoms with van der Waals surface area (Å²) in [6.45, 7) is 0. The Morgan fingerprint density at radius 2 is 0.911 bits per heavy atom. The van der Waals surface area contributed by atoms with E-state index in [9.17, 15) is 0 Å². The van der Waals surface area contributed by atoms with Gasteiger partial charge < -0.3 is 8.98 Å². The van der Waals surface area contributed by atoms with Crippen LogP contribution < -0.4 is 0 Å². The van der Waals surface area contributed by atoms with Crippen LogP contribution in [0.2, 0.25) is 0 Å². The maximum absolute atomic E-state index is 6.61. The summed E-state index contributed by atoms with van der Waals surface area (Å²) >= 11 is 0. The topological polar surface area (TPSA) is 56.7 Å². The van der Waals surface area contributed by atoms with Crippen molar-refractivity contribution in [1.82, 2.24) is 19.5 Å². The van der Waals surface area contributed by atoms with E-state index in [2.05, 4.69) is 156 Å². The molecule has 8 aromatic carbocycles. The highest BCUT2D eigenvalue weighted by molar-refractivity contribution is 6.15. The quantitative estimate of drug-likeness (QED) is 0.172. The van der Waals surface area contributed by atoms with E-state index in [1.165, 1.54) is 0 Å². The predicted molar refractivity (Wildman–Crippen MR) is 229 cm³/mol. The molecular formula is C51H32N4O. The lowest BCUT2D eigenvalue weighted by atomic mass is 9.99. The van der Waals surface area contributed by atoms with Gasteiger partial charge in [0, 0.05) is 50.0 Å². The number of rotatable bonds is 6. The summed E-state index contributed by atoms with van der Waals surface area (Å²) in [4.78, 5) is 15.5. The van der Waals surface area contributed by atoms with Gasteiger partial charge in [0.1, 0.15) is 11.2 Å². The number of fused-ring (bicyclic) bond motifs is 6. The van der Waals surface area contributed by atoms with Gasteiger partial charge in [0.05, 0.1) is 11.0 Å². The zero-order valence-electron chi connectivity index (χ0n) is 30.2. The minimum absolute atomic E-state index is 0.605. The molecule has 5 heteroatoms. The highest BCUT2D eigenvalue weighted by atomic mass is 16.3. The maximum atomic E-state index is 6.61. The van der Waals surface area contributed by atoms with Gasteiger partial charge in [-0.1, -0.05) is 158 Å². The van der Waals surface area contributed by atoms with Gasteiger partial charge >= 0.3 is 0 Å². The molecule has 5 nitrogen and oxygen atoms in total. The molecule has 0 unspecified atom stereocenters. The normalized spacial score (nSPS) is 11.6. The monoisotopic (exact) mass is 716 g/mol. The van der Waals surface area contributed by atoms with Gasteiger partial charge in [0.25, 0.3) is 0 Å². The Balaban J connectivity index is 1.13. The first-order valence-electron chi connectivity index (χ1n) is 18.8. The summed E-state index contributed by atoms with van der Waals surface area (Å²) in [5.74, 6) is 1.84. The number of benzene rings is 8. The summed E-state index contributed by atoms with van der Waals surface area (Å²) in [7, 11) is 0. The molecule has 3 aromatic heterocycles. The Labute approximate surface area is 322 Å². The lowest BCUT2D eigenvalue weighted by molar-refractivity contribution is 0.668. The third-order valence-corrected chi connectivity index (χ3v) is 10.7. The molecule has 0 fully saturated rings. The first-order valence-corrected chi connectivity index (χ1v) is 18.8. The number of furan rings is 1. The zero-order valence-corrected chi connectivity index (χ0v) is 30.2. The van der Waals surface area contributed by atoms with Crippen LogP contribution in [-0.4, -0.2) is 19.5 Å². The van der Waals surface area contributed by atoms with Gasteiger partial charge in [-0.3, -0.25) is 0 Å². The molecule has 11 aromatic rings. The van der Waals surface area contributed by atoms with Gasteiger partial charge in [-0.05, 0) is 52.6 Å². The fourth-order valence-corrected chi connectivity index (χ4v) is 8.06. The van der Waals surface area contributed by atoms with Crippen LogP contribution in [0.3, 0.4) is 0 Å². The van der Waals surface area contributed by atoms with Crippen molar-refractivity contribution in [2.45, 2.75) is 0 Å². The van der Waals surface area contributed by atoms with Crippen LogP contribution in [0, 0.1) is 0 Å². The summed E-state index contributed by atoms with van der Waals surface area (Å²) < 4.78 is 8.94. The molecule has 0 saturated heterocycles. The second kappa shape index (κ2) is 13.0. The van der Waals surface area contributed by atoms with Crippen LogP contribution in [0.5, 0.6) is 0 Å². The smallest absolute Gasteiger partial charge is 0.166 e. The standard InChI is InChI=1S/C51H32N4O/c1-4-14-33(15-5-1)34-26-28-37(29-27-34)50-52-49(36-18-8-3-9-19-36)53-51(54-50)43-23-12-22-41-40-20-10-11-24-44(40)55(48(41)43)38-30-31-42-46(32-38)56-45-25-13-21-39(47(42)45)35-16-6-2-7-17-35/h1-32H. The molecule has 11 rings (SSSR count). The van der Waals surface area contributed by atoms with E-state index >= 15 is 0 Å². The molecule has 0 aliphatic rings. The Morgan fingerprint density at radius 3 is 1.66 bits per heavy atom. The van der Waals surface area contributed by atoms with Crippen LogP contribution in [0.1, 0.15) is 0 Å². The average Bonchev–Trinajstić information content (AvgIpc) is 3.83. The molecule has 0 atom stereocenters. The molecule has 0 aliphatic heterocycles. The van der Waals surface area contributed by atoms with Crippen LogP contribution in [0.25, 0.3) is 106 Å². The molecule has 0 aliphatic carbocycles. The summed E-state index contributed by atoms with van der Waals surface area (Å²) in [5, 5.41) is 4.46. The maximum Gasteiger partial charge on any atom is 0.166 e. The van der Waals surface area contributed by atoms with Crippen molar-refractivity contribution in [1.29, 1.82) is 0 Å². The third-order valence-electron chi connectivity index (χ3n) is 10.7. The molecule has 0 spiro atoms. The number of hydrogen-bond donors (Lipinski definition) is 0. The second-order valence-corrected chi connectivity index (χ2v) is 14.0. The largest absolute Gasteiger partial charge is 0.456 e. The first kappa shape index (κ1) is 31.9. The lowest BCUT2D eigenvalue weighted by Crippen LogP contribution is -2.02. The Morgan fingerprint density at radius 1 is 0.357 bits per heavy atom. The highest BCUT2D eigenvalue weighted by Crippen LogP contribution is 2.41. The third kappa shape index (κ3) is 5.29. The lowest BCUT2D eigenvalue weighted by Gasteiger charge is -2.13. The van der Waals surface area contributed by atoms with Crippen LogP contribution in [-0.2, 0) is 0 Å². The van der Waals surface area contributed by atoms with E-state index in [-0.39, 0.29) is 0 Å². The van der Waals surface area contributed by atoms with Crippen molar-refractivity contribution < 1.29 is 4.42 Å². The van der Waals surface area contributed by atoms with Crippen molar-refractivity contribution >= 4 is 43.7 Å². The molecule has 0 saturated carbocycles. The zero-order chi connectivity index (χ0) is 37.0. The van der Waals surface area contributed by atoms with Crippen LogP contribution in [0.4, 0.5) is 0 Å². The number of para-hydroxylation sites is 2. The molecule has 0 amide bonds. The number of hydrogen-bond acceptors (Lipinski definition) is 4. The van der Waals surface area contributed by atoms with Crippen LogP contribution in [0.15, 0.2) is 199 Å². The summed E-state index contributed by atoms with van der Waals surface area (Å²) in [5.41, 5.74) is 12.2. The van der Waals surface area contributed by atoms with E-state index in [1.807, 2.05) is 42.5 Å². The van der Waals surface area contributed by atoms with E-state index in [0.717, 1.165) is 88.4 Å². The Hall–Kier alpha value is -7.63. The van der Waals surface area contributed by atoms with Gasteiger partial charge in [-0.15, -0.1) is 0 Å². The van der Waals surface area contributed by atoms with Crippen molar-refractivity contribution in [2.24, 2.45) is 0 Å². The summed E-state index contributed by atoms with van der Waals surface area (Å²) in [6, 6.07) is 67.3. The molecule has 56 heavy (non-hydrogen) atoms. The molecule has 3 heterocycles. The molecule has 262 valence electrons. The molecule has 0 radical (unpaired) electrons. The van der Waals surface area contributed by atoms with Crippen molar-refractivity contribution in [3.05, 3.63) is 194 Å². The molecular weight excluding hydrogens is 685 g/mol. The van der Waals surface area contributed by atoms with E-state index in [4.69, 9.17) is 19.4 Å². The van der Waals surface area contributed by atoms with E-state index in [0.29, 0.717) is 17.5 Å². The van der Waals surface area contributed by atoms with E-state index < -0.39 is 0 Å². The second-order valence-electron chi connectivity index (χ2n) is 14.0. The van der Waals surface area contributed by atoms with Gasteiger partial charge in [-0.2, -0.15) is 0 Å². The SMILES string of the molecule is c1ccc(-c2ccc(-c3nc(-c4ccccc4)nc(-c4cccc5c6ccccc6n(-c6ccc7c(c6)oc6cccc(-c8ccccc8)c67)c45)n3)cc2)cc1. The van der Waals surface area contributed by atoms with Crippen molar-refractivity contribution in [3.8, 4) is 62.1 Å². The van der Waals surface area contributed by atoms with Crippen LogP contribution >= 0.6 is 0 Å². The van der Waals surface area contributed by atoms with Gasteiger partial charge in [-0.25, -0.2) is 15.0 Å². The summed E-state index contributed by atoms with van der Waals surface area (Å²) in [6.07, 6.45) is 0. The van der Waals surface area contributed by atoms with Crippen molar-refractivity contribution in [3.63, 3.8) is 0 Å². The Bertz CT molecular complexity index is 3220. The van der Waals surface area contributed by atoms with Gasteiger partial charge in [0.15, 0.2) is 17.5 Å². The highest BCUT2D eigenvalue weighted by Gasteiger charge is 2.21. The van der Waals surface area contributed by atoms with Gasteiger partial charge in [0.2, 0.25) is 0 Å².